The van der Waals surface area contributed by atoms with Crippen LogP contribution in [0.25, 0.3) is 33.3 Å². The maximum Gasteiger partial charge on any atom is 1.00 e. The van der Waals surface area contributed by atoms with Crippen molar-refractivity contribution >= 4 is 21.9 Å². The van der Waals surface area contributed by atoms with Crippen LogP contribution in [0.1, 0.15) is 7.12 Å². The van der Waals surface area contributed by atoms with Crippen LogP contribution in [0.5, 0.6) is 11.5 Å². The quantitative estimate of drug-likeness (QED) is 0.484. The third-order valence-electron chi connectivity index (χ3n) is 4.66. The summed E-state index contributed by atoms with van der Waals surface area (Å²) in [4.78, 5) is 8.46. The summed E-state index contributed by atoms with van der Waals surface area (Å²) >= 11 is 0. The summed E-state index contributed by atoms with van der Waals surface area (Å²) in [7, 11) is 4.83. The Morgan fingerprint density at radius 2 is 1.72 bits per heavy atom. The number of hydrogen-bond acceptors (Lipinski definition) is 4. The molecule has 2 heterocycles. The van der Waals surface area contributed by atoms with Gasteiger partial charge >= 0.3 is 35.7 Å². The van der Waals surface area contributed by atoms with Crippen molar-refractivity contribution < 1.29 is 53.6 Å². The Labute approximate surface area is 188 Å². The summed E-state index contributed by atoms with van der Waals surface area (Å²) in [5, 5.41) is 0.526. The molecule has 0 amide bonds. The predicted molar refractivity (Wildman–Crippen MR) is 101 cm³/mol. The molecule has 29 heavy (non-hydrogen) atoms. The fourth-order valence-electron chi connectivity index (χ4n) is 3.25. The average molecular weight is 411 g/mol. The van der Waals surface area contributed by atoms with E-state index in [1.165, 1.54) is 13.2 Å². The van der Waals surface area contributed by atoms with Crippen molar-refractivity contribution in [3.8, 4) is 22.9 Å². The van der Waals surface area contributed by atoms with Crippen LogP contribution in [-0.2, 0) is 13.2 Å². The van der Waals surface area contributed by atoms with Crippen LogP contribution in [-0.4, -0.2) is 28.8 Å². The van der Waals surface area contributed by atoms with Crippen molar-refractivity contribution in [1.82, 2.24) is 14.5 Å². The second-order valence-electron chi connectivity index (χ2n) is 6.25. The van der Waals surface area contributed by atoms with E-state index in [2.05, 4.69) is 9.97 Å². The third-order valence-corrected chi connectivity index (χ3v) is 4.66. The SMILES string of the molecule is COc1ccc2nc(-c3ccc(OC)c4nc(C(F)(F)F)ccc34)n(C)c2c1.[H-].[Na+]. The van der Waals surface area contributed by atoms with Gasteiger partial charge in [0.05, 0.1) is 25.3 Å². The normalized spacial score (nSPS) is 11.5. The molecule has 146 valence electrons. The van der Waals surface area contributed by atoms with Crippen LogP contribution in [0, 0.1) is 0 Å². The Hall–Kier alpha value is -2.29. The van der Waals surface area contributed by atoms with E-state index in [1.807, 2.05) is 29.8 Å². The molecule has 0 N–H and O–H groups in total. The largest absolute Gasteiger partial charge is 1.00 e. The van der Waals surface area contributed by atoms with Gasteiger partial charge in [0.25, 0.3) is 0 Å². The Morgan fingerprint density at radius 1 is 0.966 bits per heavy atom. The molecular formula is C20H17F3N3NaO2. The van der Waals surface area contributed by atoms with Gasteiger partial charge in [0.1, 0.15) is 28.5 Å². The zero-order valence-electron chi connectivity index (χ0n) is 17.3. The monoisotopic (exact) mass is 411 g/mol. The average Bonchev–Trinajstić information content (AvgIpc) is 3.01. The molecule has 2 aromatic carbocycles. The fourth-order valence-corrected chi connectivity index (χ4v) is 3.25. The Morgan fingerprint density at radius 3 is 2.38 bits per heavy atom. The first kappa shape index (κ1) is 21.4. The molecule has 4 aromatic rings. The number of benzene rings is 2. The number of aromatic nitrogens is 3. The summed E-state index contributed by atoms with van der Waals surface area (Å²) in [5.74, 6) is 1.57. The number of pyridine rings is 1. The van der Waals surface area contributed by atoms with E-state index in [-0.39, 0.29) is 42.3 Å². The Bertz CT molecular complexity index is 1210. The molecule has 0 unspecified atom stereocenters. The molecule has 0 radical (unpaired) electrons. The molecule has 0 spiro atoms. The Kier molecular flexibility index (Phi) is 5.80. The molecule has 0 saturated carbocycles. The van der Waals surface area contributed by atoms with Crippen molar-refractivity contribution in [3.05, 3.63) is 48.2 Å². The Balaban J connectivity index is 0.00000160. The summed E-state index contributed by atoms with van der Waals surface area (Å²) in [6.45, 7) is 0. The molecule has 0 aliphatic rings. The maximum absolute atomic E-state index is 13.1. The van der Waals surface area contributed by atoms with E-state index in [0.29, 0.717) is 22.5 Å². The van der Waals surface area contributed by atoms with Gasteiger partial charge in [0, 0.05) is 24.1 Å². The van der Waals surface area contributed by atoms with Gasteiger partial charge in [-0.1, -0.05) is 0 Å². The first-order valence-electron chi connectivity index (χ1n) is 8.39. The van der Waals surface area contributed by atoms with Gasteiger partial charge in [-0.15, -0.1) is 0 Å². The smallest absolute Gasteiger partial charge is 1.00 e. The van der Waals surface area contributed by atoms with Crippen LogP contribution in [0.15, 0.2) is 42.5 Å². The van der Waals surface area contributed by atoms with E-state index < -0.39 is 11.9 Å². The number of alkyl halides is 3. The van der Waals surface area contributed by atoms with Crippen LogP contribution < -0.4 is 39.0 Å². The van der Waals surface area contributed by atoms with E-state index in [0.717, 1.165) is 17.1 Å². The van der Waals surface area contributed by atoms with E-state index in [4.69, 9.17) is 9.47 Å². The van der Waals surface area contributed by atoms with E-state index in [9.17, 15) is 13.2 Å². The van der Waals surface area contributed by atoms with Crippen molar-refractivity contribution in [2.45, 2.75) is 6.18 Å². The van der Waals surface area contributed by atoms with Gasteiger partial charge in [-0.2, -0.15) is 13.2 Å². The van der Waals surface area contributed by atoms with Gasteiger partial charge in [0.2, 0.25) is 0 Å². The molecule has 0 atom stereocenters. The van der Waals surface area contributed by atoms with Gasteiger partial charge in [-0.25, -0.2) is 9.97 Å². The number of methoxy groups -OCH3 is 2. The van der Waals surface area contributed by atoms with Crippen LogP contribution in [0.2, 0.25) is 0 Å². The van der Waals surface area contributed by atoms with Crippen LogP contribution in [0.3, 0.4) is 0 Å². The number of fused-ring (bicyclic) bond motifs is 2. The van der Waals surface area contributed by atoms with Crippen LogP contribution in [0.4, 0.5) is 13.2 Å². The molecule has 4 rings (SSSR count). The van der Waals surface area contributed by atoms with E-state index in [1.54, 1.807) is 19.2 Å². The van der Waals surface area contributed by atoms with Gasteiger partial charge in [-0.3, -0.25) is 0 Å². The van der Waals surface area contributed by atoms with E-state index >= 15 is 0 Å². The van der Waals surface area contributed by atoms with Crippen molar-refractivity contribution in [1.29, 1.82) is 0 Å². The molecule has 0 aliphatic heterocycles. The number of nitrogens with zero attached hydrogens (tertiary/aromatic N) is 3. The number of imidazole rings is 1. The molecule has 2 aromatic heterocycles. The number of ether oxygens (including phenoxy) is 2. The minimum atomic E-state index is -4.54. The number of aryl methyl sites for hydroxylation is 1. The minimum absolute atomic E-state index is 0. The predicted octanol–water partition coefficient (Wildman–Crippen LogP) is 1.94. The second-order valence-corrected chi connectivity index (χ2v) is 6.25. The molecule has 9 heteroatoms. The van der Waals surface area contributed by atoms with Gasteiger partial charge < -0.3 is 15.5 Å². The zero-order chi connectivity index (χ0) is 20.1. The molecule has 0 saturated heterocycles. The molecular weight excluding hydrogens is 394 g/mol. The topological polar surface area (TPSA) is 49.2 Å². The molecule has 0 fully saturated rings. The first-order chi connectivity index (χ1) is 13.3. The first-order valence-corrected chi connectivity index (χ1v) is 8.39. The summed E-state index contributed by atoms with van der Waals surface area (Å²) in [5.41, 5.74) is 1.43. The zero-order valence-corrected chi connectivity index (χ0v) is 18.3. The van der Waals surface area contributed by atoms with Crippen molar-refractivity contribution in [2.75, 3.05) is 14.2 Å². The third kappa shape index (κ3) is 3.68. The number of halogens is 3. The maximum atomic E-state index is 13.1. The molecule has 0 bridgehead atoms. The second kappa shape index (κ2) is 7.85. The van der Waals surface area contributed by atoms with Gasteiger partial charge in [0.15, 0.2) is 0 Å². The van der Waals surface area contributed by atoms with Gasteiger partial charge in [-0.05, 0) is 36.4 Å². The molecule has 5 nitrogen and oxygen atoms in total. The fraction of sp³-hybridized carbons (Fsp3) is 0.200. The van der Waals surface area contributed by atoms with Crippen molar-refractivity contribution in [3.63, 3.8) is 0 Å². The summed E-state index contributed by atoms with van der Waals surface area (Å²) in [6, 6.07) is 11.3. The van der Waals surface area contributed by atoms with Crippen LogP contribution >= 0.6 is 0 Å². The summed E-state index contributed by atoms with van der Waals surface area (Å²) < 4.78 is 51.7. The minimum Gasteiger partial charge on any atom is -1.00 e. The number of hydrogen-bond donors (Lipinski definition) is 0. The standard InChI is InChI=1S/C20H16F3N3O2.Na.H/c1-26-15-10-11(27-2)4-7-14(15)24-19(26)13-5-8-16(28-3)18-12(13)6-9-17(25-18)20(21,22)23;;/h4-10H,1-3H3;;/q;+1;-1. The number of rotatable bonds is 3. The van der Waals surface area contributed by atoms with Crippen molar-refractivity contribution in [2.24, 2.45) is 7.05 Å². The summed E-state index contributed by atoms with van der Waals surface area (Å²) in [6.07, 6.45) is -4.54. The molecule has 0 aliphatic carbocycles.